The first kappa shape index (κ1) is 20.1. The Morgan fingerprint density at radius 1 is 0.966 bits per heavy atom. The van der Waals surface area contributed by atoms with Crippen molar-refractivity contribution in [3.05, 3.63) is 47.4 Å². The zero-order chi connectivity index (χ0) is 20.4. The minimum absolute atomic E-state index is 0.115. The van der Waals surface area contributed by atoms with E-state index >= 15 is 0 Å². The summed E-state index contributed by atoms with van der Waals surface area (Å²) < 4.78 is 26.1. The number of hydrogen-bond acceptors (Lipinski definition) is 7. The summed E-state index contributed by atoms with van der Waals surface area (Å²) in [5.74, 6) is 0.293. The highest BCUT2D eigenvalue weighted by molar-refractivity contribution is 7.90. The lowest BCUT2D eigenvalue weighted by Gasteiger charge is -2.35. The van der Waals surface area contributed by atoms with Gasteiger partial charge in [-0.2, -0.15) is 0 Å². The van der Waals surface area contributed by atoms with Gasteiger partial charge in [0.25, 0.3) is 15.9 Å². The standard InChI is InChI=1S/C19H22ClN5O3S/c20-17-18(22-8-7-21-17)24-13-11-23(12-14-24)9-3-4-10-25-19(26)15-5-1-2-6-16(15)29(25,27)28/h1-2,5-8H,3-4,9-14H2. The molecule has 3 heterocycles. The summed E-state index contributed by atoms with van der Waals surface area (Å²) in [5, 5.41) is 0.415. The van der Waals surface area contributed by atoms with E-state index in [2.05, 4.69) is 19.8 Å². The maximum absolute atomic E-state index is 12.6. The van der Waals surface area contributed by atoms with Crippen molar-refractivity contribution in [3.63, 3.8) is 0 Å². The van der Waals surface area contributed by atoms with E-state index in [1.54, 1.807) is 30.6 Å². The van der Waals surface area contributed by atoms with E-state index in [0.717, 1.165) is 43.4 Å². The normalized spacial score (nSPS) is 18.9. The molecule has 2 aromatic rings. The average molecular weight is 436 g/mol. The third-order valence-corrected chi connectivity index (χ3v) is 7.41. The Kier molecular flexibility index (Phi) is 5.71. The zero-order valence-electron chi connectivity index (χ0n) is 15.9. The second-order valence-electron chi connectivity index (χ2n) is 7.09. The van der Waals surface area contributed by atoms with Crippen molar-refractivity contribution in [3.8, 4) is 0 Å². The van der Waals surface area contributed by atoms with Crippen LogP contribution in [0.1, 0.15) is 23.2 Å². The Morgan fingerprint density at radius 2 is 1.66 bits per heavy atom. The topological polar surface area (TPSA) is 86.7 Å². The molecule has 4 rings (SSSR count). The summed E-state index contributed by atoms with van der Waals surface area (Å²) in [6.07, 6.45) is 4.67. The van der Waals surface area contributed by atoms with E-state index in [-0.39, 0.29) is 17.0 Å². The van der Waals surface area contributed by atoms with Crippen LogP contribution in [0.5, 0.6) is 0 Å². The molecule has 0 aliphatic carbocycles. The summed E-state index contributed by atoms with van der Waals surface area (Å²) in [6, 6.07) is 6.38. The van der Waals surface area contributed by atoms with Crippen molar-refractivity contribution < 1.29 is 13.2 Å². The average Bonchev–Trinajstić information content (AvgIpc) is 2.92. The second-order valence-corrected chi connectivity index (χ2v) is 9.27. The minimum atomic E-state index is -3.70. The number of carbonyl (C=O) groups is 1. The molecule has 1 fully saturated rings. The fourth-order valence-electron chi connectivity index (χ4n) is 3.75. The molecule has 0 saturated carbocycles. The summed E-state index contributed by atoms with van der Waals surface area (Å²) >= 11 is 6.12. The predicted molar refractivity (Wildman–Crippen MR) is 110 cm³/mol. The molecular weight excluding hydrogens is 414 g/mol. The lowest BCUT2D eigenvalue weighted by Crippen LogP contribution is -2.47. The van der Waals surface area contributed by atoms with Crippen LogP contribution in [-0.2, 0) is 10.0 Å². The van der Waals surface area contributed by atoms with Crippen molar-refractivity contribution in [2.24, 2.45) is 0 Å². The van der Waals surface area contributed by atoms with Crippen molar-refractivity contribution in [1.29, 1.82) is 0 Å². The van der Waals surface area contributed by atoms with E-state index in [4.69, 9.17) is 11.6 Å². The summed E-state index contributed by atoms with van der Waals surface area (Å²) in [7, 11) is -3.70. The van der Waals surface area contributed by atoms with Crippen LogP contribution in [0.15, 0.2) is 41.6 Å². The quantitative estimate of drug-likeness (QED) is 0.640. The SMILES string of the molecule is O=C1c2ccccc2S(=O)(=O)N1CCCCN1CCN(c2nccnc2Cl)CC1. The van der Waals surface area contributed by atoms with Crippen LogP contribution in [-0.4, -0.2) is 72.8 Å². The Bertz CT molecular complexity index is 1010. The smallest absolute Gasteiger partial charge is 0.269 e. The van der Waals surface area contributed by atoms with Crippen LogP contribution in [0.2, 0.25) is 5.15 Å². The molecule has 1 saturated heterocycles. The van der Waals surface area contributed by atoms with Crippen molar-refractivity contribution in [2.45, 2.75) is 17.7 Å². The van der Waals surface area contributed by atoms with Gasteiger partial charge in [-0.15, -0.1) is 0 Å². The van der Waals surface area contributed by atoms with Crippen molar-refractivity contribution >= 4 is 33.3 Å². The van der Waals surface area contributed by atoms with E-state index < -0.39 is 15.9 Å². The number of nitrogens with zero attached hydrogens (tertiary/aromatic N) is 5. The van der Waals surface area contributed by atoms with Crippen LogP contribution in [0, 0.1) is 0 Å². The van der Waals surface area contributed by atoms with Gasteiger partial charge in [0.2, 0.25) is 0 Å². The molecule has 1 aromatic carbocycles. The number of amides is 1. The number of unbranched alkanes of at least 4 members (excludes halogenated alkanes) is 1. The molecule has 1 amide bonds. The molecule has 0 atom stereocenters. The largest absolute Gasteiger partial charge is 0.351 e. The van der Waals surface area contributed by atoms with Crippen LogP contribution in [0.25, 0.3) is 0 Å². The first-order valence-corrected chi connectivity index (χ1v) is 11.4. The van der Waals surface area contributed by atoms with Gasteiger partial charge in [0.15, 0.2) is 11.0 Å². The molecule has 29 heavy (non-hydrogen) atoms. The van der Waals surface area contributed by atoms with Gasteiger partial charge in [-0.05, 0) is 31.5 Å². The molecule has 0 spiro atoms. The van der Waals surface area contributed by atoms with Gasteiger partial charge >= 0.3 is 0 Å². The Labute approximate surface area is 175 Å². The van der Waals surface area contributed by atoms with Crippen LogP contribution < -0.4 is 4.90 Å². The summed E-state index contributed by atoms with van der Waals surface area (Å²) in [4.78, 5) is 25.4. The van der Waals surface area contributed by atoms with Crippen LogP contribution in [0.4, 0.5) is 5.82 Å². The number of benzene rings is 1. The van der Waals surface area contributed by atoms with Gasteiger partial charge in [-0.1, -0.05) is 23.7 Å². The molecule has 8 nitrogen and oxygen atoms in total. The highest BCUT2D eigenvalue weighted by atomic mass is 35.5. The third-order valence-electron chi connectivity index (χ3n) is 5.31. The molecule has 1 aromatic heterocycles. The maximum Gasteiger partial charge on any atom is 0.269 e. The number of fused-ring (bicyclic) bond motifs is 1. The Balaban J connectivity index is 1.24. The third kappa shape index (κ3) is 3.94. The van der Waals surface area contributed by atoms with Gasteiger partial charge in [-0.3, -0.25) is 9.69 Å². The molecule has 2 aliphatic rings. The number of halogens is 1. The number of aromatic nitrogens is 2. The molecule has 0 bridgehead atoms. The van der Waals surface area contributed by atoms with Gasteiger partial charge < -0.3 is 4.90 Å². The maximum atomic E-state index is 12.6. The molecule has 2 aliphatic heterocycles. The zero-order valence-corrected chi connectivity index (χ0v) is 17.4. The molecule has 0 unspecified atom stereocenters. The predicted octanol–water partition coefficient (Wildman–Crippen LogP) is 1.88. The van der Waals surface area contributed by atoms with E-state index in [1.165, 1.54) is 6.07 Å². The molecule has 154 valence electrons. The Morgan fingerprint density at radius 3 is 2.38 bits per heavy atom. The van der Waals surface area contributed by atoms with Crippen LogP contribution >= 0.6 is 11.6 Å². The molecule has 0 N–H and O–H groups in total. The summed E-state index contributed by atoms with van der Waals surface area (Å²) in [5.41, 5.74) is 0.270. The van der Waals surface area contributed by atoms with Crippen molar-refractivity contribution in [2.75, 3.05) is 44.2 Å². The van der Waals surface area contributed by atoms with Gasteiger partial charge in [0.05, 0.1) is 5.56 Å². The van der Waals surface area contributed by atoms with E-state index in [9.17, 15) is 13.2 Å². The van der Waals surface area contributed by atoms with E-state index in [0.29, 0.717) is 17.4 Å². The Hall–Kier alpha value is -2.23. The van der Waals surface area contributed by atoms with E-state index in [1.807, 2.05) is 0 Å². The molecule has 0 radical (unpaired) electrons. The second kappa shape index (κ2) is 8.25. The first-order chi connectivity index (χ1) is 14.0. The lowest BCUT2D eigenvalue weighted by molar-refractivity contribution is 0.0868. The number of rotatable bonds is 6. The highest BCUT2D eigenvalue weighted by Gasteiger charge is 2.40. The van der Waals surface area contributed by atoms with Gasteiger partial charge in [0.1, 0.15) is 4.90 Å². The number of piperazine rings is 1. The number of anilines is 1. The lowest BCUT2D eigenvalue weighted by atomic mass is 10.2. The minimum Gasteiger partial charge on any atom is -0.351 e. The molecular formula is C19H22ClN5O3S. The number of sulfonamides is 1. The summed E-state index contributed by atoms with van der Waals surface area (Å²) in [6.45, 7) is 4.44. The van der Waals surface area contributed by atoms with Gasteiger partial charge in [0, 0.05) is 45.1 Å². The number of carbonyl (C=O) groups excluding carboxylic acids is 1. The molecule has 10 heteroatoms. The highest BCUT2D eigenvalue weighted by Crippen LogP contribution is 2.30. The van der Waals surface area contributed by atoms with Gasteiger partial charge in [-0.25, -0.2) is 22.7 Å². The first-order valence-electron chi connectivity index (χ1n) is 9.58. The fourth-order valence-corrected chi connectivity index (χ4v) is 5.58. The van der Waals surface area contributed by atoms with Crippen LogP contribution in [0.3, 0.4) is 0 Å². The van der Waals surface area contributed by atoms with Crippen molar-refractivity contribution in [1.82, 2.24) is 19.2 Å². The monoisotopic (exact) mass is 435 g/mol. The fraction of sp³-hybridized carbons (Fsp3) is 0.421. The number of hydrogen-bond donors (Lipinski definition) is 0.